The second-order valence-electron chi connectivity index (χ2n) is 4.97. The fourth-order valence-corrected chi connectivity index (χ4v) is 1.52. The Labute approximate surface area is 131 Å². The summed E-state index contributed by atoms with van der Waals surface area (Å²) in [5, 5.41) is 2.72. The first-order chi connectivity index (χ1) is 10.3. The van der Waals surface area contributed by atoms with E-state index in [9.17, 15) is 14.4 Å². The highest BCUT2D eigenvalue weighted by Gasteiger charge is 2.13. The number of hydrogen-bond acceptors (Lipinski definition) is 5. The van der Waals surface area contributed by atoms with Gasteiger partial charge in [0.05, 0.1) is 12.1 Å². The summed E-state index contributed by atoms with van der Waals surface area (Å²) in [5.41, 5.74) is 0. The number of rotatable bonds is 8. The molecule has 0 aromatic heterocycles. The monoisotopic (exact) mass is 314 g/mol. The van der Waals surface area contributed by atoms with Crippen molar-refractivity contribution in [2.24, 2.45) is 0 Å². The molecule has 7 heteroatoms. The van der Waals surface area contributed by atoms with Gasteiger partial charge in [0.15, 0.2) is 0 Å². The second-order valence-corrected chi connectivity index (χ2v) is 4.97. The van der Waals surface area contributed by atoms with E-state index in [1.54, 1.807) is 25.7 Å². The number of carbonyl (C=O) groups is 3. The van der Waals surface area contributed by atoms with Gasteiger partial charge in [-0.3, -0.25) is 0 Å². The Morgan fingerprint density at radius 3 is 2.09 bits per heavy atom. The molecule has 0 aliphatic carbocycles. The van der Waals surface area contributed by atoms with Crippen molar-refractivity contribution in [3.8, 4) is 0 Å². The van der Waals surface area contributed by atoms with Gasteiger partial charge >= 0.3 is 18.0 Å². The lowest BCUT2D eigenvalue weighted by atomic mass is 10.3. The highest BCUT2D eigenvalue weighted by atomic mass is 16.5. The molecule has 0 aromatic carbocycles. The smallest absolute Gasteiger partial charge is 0.331 e. The Morgan fingerprint density at radius 2 is 1.59 bits per heavy atom. The van der Waals surface area contributed by atoms with Crippen LogP contribution >= 0.6 is 0 Å². The fraction of sp³-hybridized carbons (Fsp3) is 0.667. The van der Waals surface area contributed by atoms with E-state index < -0.39 is 11.9 Å². The summed E-state index contributed by atoms with van der Waals surface area (Å²) in [5.74, 6) is -1.26. The summed E-state index contributed by atoms with van der Waals surface area (Å²) < 4.78 is 9.77. The van der Waals surface area contributed by atoms with E-state index in [4.69, 9.17) is 9.47 Å². The lowest BCUT2D eigenvalue weighted by Crippen LogP contribution is -2.45. The molecular formula is C15H26N2O5. The third-order valence-electron chi connectivity index (χ3n) is 2.60. The summed E-state index contributed by atoms with van der Waals surface area (Å²) in [6, 6.07) is -0.530. The van der Waals surface area contributed by atoms with E-state index in [0.29, 0.717) is 13.1 Å². The first-order valence-electron chi connectivity index (χ1n) is 7.40. The van der Waals surface area contributed by atoms with Crippen molar-refractivity contribution >= 4 is 18.0 Å². The molecule has 2 amide bonds. The van der Waals surface area contributed by atoms with Gasteiger partial charge in [0, 0.05) is 25.2 Å². The molecule has 0 saturated carbocycles. The number of urea groups is 1. The minimum atomic E-state index is -0.662. The molecule has 0 fully saturated rings. The molecule has 0 saturated heterocycles. The van der Waals surface area contributed by atoms with Crippen LogP contribution in [0.1, 0.15) is 34.6 Å². The van der Waals surface area contributed by atoms with Crippen molar-refractivity contribution in [3.63, 3.8) is 0 Å². The van der Waals surface area contributed by atoms with Crippen LogP contribution < -0.4 is 5.32 Å². The van der Waals surface area contributed by atoms with E-state index >= 15 is 0 Å². The summed E-state index contributed by atoms with van der Waals surface area (Å²) >= 11 is 0. The van der Waals surface area contributed by atoms with Crippen LogP contribution in [-0.4, -0.2) is 54.7 Å². The molecule has 22 heavy (non-hydrogen) atoms. The molecule has 0 bridgehead atoms. The Balaban J connectivity index is 4.11. The van der Waals surface area contributed by atoms with Crippen LogP contribution in [0.2, 0.25) is 0 Å². The van der Waals surface area contributed by atoms with Crippen molar-refractivity contribution in [1.82, 2.24) is 10.2 Å². The number of carbonyl (C=O) groups excluding carboxylic acids is 3. The van der Waals surface area contributed by atoms with Gasteiger partial charge < -0.3 is 19.7 Å². The van der Waals surface area contributed by atoms with Gasteiger partial charge in [0.1, 0.15) is 6.61 Å². The van der Waals surface area contributed by atoms with Crippen LogP contribution in [0.3, 0.4) is 0 Å². The minimum absolute atomic E-state index is 0.0232. The molecule has 126 valence electrons. The maximum atomic E-state index is 11.8. The first-order valence-corrected chi connectivity index (χ1v) is 7.40. The lowest BCUT2D eigenvalue weighted by Gasteiger charge is -2.22. The van der Waals surface area contributed by atoms with Gasteiger partial charge in [0.2, 0.25) is 0 Å². The largest absolute Gasteiger partial charge is 0.460 e. The average molecular weight is 314 g/mol. The molecule has 1 atom stereocenters. The van der Waals surface area contributed by atoms with E-state index in [0.717, 1.165) is 12.2 Å². The molecule has 1 unspecified atom stereocenters. The predicted octanol–water partition coefficient (Wildman–Crippen LogP) is 1.48. The van der Waals surface area contributed by atoms with Crippen LogP contribution in [0.15, 0.2) is 12.2 Å². The number of nitrogens with one attached hydrogen (secondary N) is 1. The molecule has 0 rings (SSSR count). The lowest BCUT2D eigenvalue weighted by molar-refractivity contribution is -0.143. The van der Waals surface area contributed by atoms with Crippen LogP contribution in [0, 0.1) is 0 Å². The van der Waals surface area contributed by atoms with Crippen LogP contribution in [-0.2, 0) is 19.1 Å². The van der Waals surface area contributed by atoms with E-state index in [1.807, 2.05) is 13.8 Å². The molecule has 1 N–H and O–H groups in total. The van der Waals surface area contributed by atoms with Crippen molar-refractivity contribution in [2.45, 2.75) is 46.8 Å². The Morgan fingerprint density at radius 1 is 1.05 bits per heavy atom. The molecule has 7 nitrogen and oxygen atoms in total. The Hall–Kier alpha value is -2.05. The zero-order chi connectivity index (χ0) is 17.1. The van der Waals surface area contributed by atoms with Crippen LogP contribution in [0.5, 0.6) is 0 Å². The zero-order valence-electron chi connectivity index (χ0n) is 13.9. The Kier molecular flexibility index (Phi) is 9.65. The van der Waals surface area contributed by atoms with Crippen molar-refractivity contribution in [2.75, 3.05) is 19.7 Å². The number of nitrogens with zero attached hydrogens (tertiary/aromatic N) is 1. The number of amides is 2. The summed E-state index contributed by atoms with van der Waals surface area (Å²) in [6.45, 7) is 10.2. The fourth-order valence-electron chi connectivity index (χ4n) is 1.52. The van der Waals surface area contributed by atoms with E-state index in [-0.39, 0.29) is 24.8 Å². The molecule has 0 radical (unpaired) electrons. The SMILES string of the molecule is CCN(CC)C(=O)NC(C)COC(=O)C=CC(=O)OC(C)C. The number of ether oxygens (including phenoxy) is 2. The van der Waals surface area contributed by atoms with Crippen LogP contribution in [0.4, 0.5) is 4.79 Å². The summed E-state index contributed by atoms with van der Waals surface area (Å²) in [6.07, 6.45) is 1.77. The Bertz CT molecular complexity index is 403. The highest BCUT2D eigenvalue weighted by Crippen LogP contribution is 1.94. The number of hydrogen-bond donors (Lipinski definition) is 1. The van der Waals surface area contributed by atoms with Crippen molar-refractivity contribution < 1.29 is 23.9 Å². The topological polar surface area (TPSA) is 84.9 Å². The third kappa shape index (κ3) is 8.99. The molecule has 0 aliphatic rings. The maximum absolute atomic E-state index is 11.8. The third-order valence-corrected chi connectivity index (χ3v) is 2.60. The van der Waals surface area contributed by atoms with Gasteiger partial charge in [0.25, 0.3) is 0 Å². The maximum Gasteiger partial charge on any atom is 0.331 e. The van der Waals surface area contributed by atoms with E-state index in [2.05, 4.69) is 5.32 Å². The first kappa shape index (κ1) is 19.9. The van der Waals surface area contributed by atoms with E-state index in [1.165, 1.54) is 0 Å². The van der Waals surface area contributed by atoms with Gasteiger partial charge in [-0.2, -0.15) is 0 Å². The molecule has 0 aliphatic heterocycles. The van der Waals surface area contributed by atoms with Gasteiger partial charge in [-0.1, -0.05) is 0 Å². The summed E-state index contributed by atoms with van der Waals surface area (Å²) in [4.78, 5) is 36.0. The second kappa shape index (κ2) is 10.6. The van der Waals surface area contributed by atoms with Gasteiger partial charge in [-0.25, -0.2) is 14.4 Å². The standard InChI is InChI=1S/C15H26N2O5/c1-6-17(7-2)15(20)16-12(5)10-21-13(18)8-9-14(19)22-11(3)4/h8-9,11-12H,6-7,10H2,1-5H3,(H,16,20). The zero-order valence-corrected chi connectivity index (χ0v) is 13.9. The molecule has 0 heterocycles. The minimum Gasteiger partial charge on any atom is -0.460 e. The normalized spacial score (nSPS) is 12.1. The van der Waals surface area contributed by atoms with Gasteiger partial charge in [-0.05, 0) is 34.6 Å². The van der Waals surface area contributed by atoms with Crippen molar-refractivity contribution in [1.29, 1.82) is 0 Å². The van der Waals surface area contributed by atoms with Crippen molar-refractivity contribution in [3.05, 3.63) is 12.2 Å². The summed E-state index contributed by atoms with van der Waals surface area (Å²) in [7, 11) is 0. The predicted molar refractivity (Wildman–Crippen MR) is 82.2 cm³/mol. The average Bonchev–Trinajstić information content (AvgIpc) is 2.43. The number of esters is 2. The van der Waals surface area contributed by atoms with Crippen LogP contribution in [0.25, 0.3) is 0 Å². The quantitative estimate of drug-likeness (QED) is 0.542. The molecular weight excluding hydrogens is 288 g/mol. The highest BCUT2D eigenvalue weighted by molar-refractivity contribution is 5.91. The van der Waals surface area contributed by atoms with Gasteiger partial charge in [-0.15, -0.1) is 0 Å². The molecule has 0 aromatic rings. The molecule has 0 spiro atoms.